The van der Waals surface area contributed by atoms with Gasteiger partial charge in [-0.15, -0.1) is 12.4 Å². The van der Waals surface area contributed by atoms with E-state index in [2.05, 4.69) is 17.3 Å². The van der Waals surface area contributed by atoms with E-state index in [-0.39, 0.29) is 24.4 Å². The molecule has 0 saturated carbocycles. The monoisotopic (exact) mass is 344 g/mol. The Labute approximate surface area is 144 Å². The molecule has 1 unspecified atom stereocenters. The van der Waals surface area contributed by atoms with Gasteiger partial charge in [-0.2, -0.15) is 5.10 Å². The van der Waals surface area contributed by atoms with E-state index >= 15 is 0 Å². The summed E-state index contributed by atoms with van der Waals surface area (Å²) in [7, 11) is 1.94. The van der Waals surface area contributed by atoms with Crippen molar-refractivity contribution in [2.24, 2.45) is 18.2 Å². The van der Waals surface area contributed by atoms with Crippen molar-refractivity contribution >= 4 is 18.3 Å². The number of nitrogens with one attached hydrogen (secondary N) is 1. The number of hydrogen-bond donors (Lipinski definition) is 2. The van der Waals surface area contributed by atoms with Gasteiger partial charge in [-0.1, -0.05) is 0 Å². The lowest BCUT2D eigenvalue weighted by molar-refractivity contribution is -0.136. The Hall–Kier alpha value is -1.11. The van der Waals surface area contributed by atoms with Crippen molar-refractivity contribution in [2.75, 3.05) is 19.8 Å². The molecular formula is C16H29ClN4O2. The van der Waals surface area contributed by atoms with Crippen LogP contribution in [0.15, 0.2) is 0 Å². The summed E-state index contributed by atoms with van der Waals surface area (Å²) in [5.74, 6) is 0.0602. The van der Waals surface area contributed by atoms with Crippen LogP contribution in [0.1, 0.15) is 36.7 Å². The summed E-state index contributed by atoms with van der Waals surface area (Å²) < 4.78 is 7.25. The summed E-state index contributed by atoms with van der Waals surface area (Å²) in [6, 6.07) is 0.0559. The Morgan fingerprint density at radius 1 is 1.43 bits per heavy atom. The number of ether oxygens (including phenoxy) is 1. The summed E-state index contributed by atoms with van der Waals surface area (Å²) >= 11 is 0. The van der Waals surface area contributed by atoms with Crippen LogP contribution < -0.4 is 11.1 Å². The number of carbonyl (C=O) groups is 1. The maximum atomic E-state index is 12.7. The first-order chi connectivity index (χ1) is 10.4. The number of hydrogen-bond acceptors (Lipinski definition) is 4. The second kappa shape index (κ2) is 8.13. The molecule has 0 aromatic carbocycles. The number of nitrogens with two attached hydrogens (primary N) is 1. The van der Waals surface area contributed by atoms with Crippen LogP contribution in [0.4, 0.5) is 0 Å². The number of aromatic nitrogens is 2. The molecule has 132 valence electrons. The topological polar surface area (TPSA) is 82.2 Å². The largest absolute Gasteiger partial charge is 0.381 e. The van der Waals surface area contributed by atoms with Crippen molar-refractivity contribution in [1.29, 1.82) is 0 Å². The standard InChI is InChI=1S/C16H28N4O2.ClH/c1-11(9-14-12(2)19-20(4)13(14)3)18-15(21)16(10-17)5-7-22-8-6-16;/h11H,5-10,17H2,1-4H3,(H,18,21);1H. The number of halogens is 1. The maximum absolute atomic E-state index is 12.7. The molecule has 1 aliphatic heterocycles. The summed E-state index contributed by atoms with van der Waals surface area (Å²) in [6.45, 7) is 7.70. The third-order valence-electron chi connectivity index (χ3n) is 4.87. The molecule has 1 aliphatic rings. The highest BCUT2D eigenvalue weighted by atomic mass is 35.5. The van der Waals surface area contributed by atoms with Gasteiger partial charge in [0.1, 0.15) is 0 Å². The van der Waals surface area contributed by atoms with Crippen LogP contribution >= 0.6 is 12.4 Å². The number of carbonyl (C=O) groups excluding carboxylic acids is 1. The second-order valence-electron chi connectivity index (χ2n) is 6.45. The SMILES string of the molecule is Cc1nn(C)c(C)c1CC(C)NC(=O)C1(CN)CCOCC1.Cl. The summed E-state index contributed by atoms with van der Waals surface area (Å²) in [5.41, 5.74) is 8.81. The van der Waals surface area contributed by atoms with Crippen molar-refractivity contribution in [2.45, 2.75) is 46.1 Å². The first-order valence-electron chi connectivity index (χ1n) is 7.97. The molecule has 23 heavy (non-hydrogen) atoms. The molecule has 0 spiro atoms. The van der Waals surface area contributed by atoms with Gasteiger partial charge in [0.05, 0.1) is 11.1 Å². The van der Waals surface area contributed by atoms with Gasteiger partial charge in [0.25, 0.3) is 0 Å². The molecular weight excluding hydrogens is 316 g/mol. The van der Waals surface area contributed by atoms with Crippen molar-refractivity contribution in [3.63, 3.8) is 0 Å². The molecule has 1 fully saturated rings. The van der Waals surface area contributed by atoms with Gasteiger partial charge in [0, 0.05) is 38.5 Å². The quantitative estimate of drug-likeness (QED) is 0.842. The third kappa shape index (κ3) is 4.25. The zero-order valence-electron chi connectivity index (χ0n) is 14.5. The molecule has 2 rings (SSSR count). The highest BCUT2D eigenvalue weighted by Gasteiger charge is 2.39. The lowest BCUT2D eigenvalue weighted by atomic mass is 9.79. The number of aryl methyl sites for hydroxylation is 2. The van der Waals surface area contributed by atoms with Crippen LogP contribution in [0.5, 0.6) is 0 Å². The molecule has 0 bridgehead atoms. The van der Waals surface area contributed by atoms with Gasteiger partial charge in [-0.3, -0.25) is 9.48 Å². The van der Waals surface area contributed by atoms with Gasteiger partial charge >= 0.3 is 0 Å². The summed E-state index contributed by atoms with van der Waals surface area (Å²) in [6.07, 6.45) is 2.19. The fraction of sp³-hybridized carbons (Fsp3) is 0.750. The number of nitrogens with zero attached hydrogens (tertiary/aromatic N) is 2. The first-order valence-corrected chi connectivity index (χ1v) is 7.97. The number of rotatable bonds is 5. The summed E-state index contributed by atoms with van der Waals surface area (Å²) in [5, 5.41) is 7.57. The molecule has 7 heteroatoms. The molecule has 1 saturated heterocycles. The predicted molar refractivity (Wildman–Crippen MR) is 92.8 cm³/mol. The molecule has 1 atom stereocenters. The Kier molecular flexibility index (Phi) is 7.04. The lowest BCUT2D eigenvalue weighted by Gasteiger charge is -2.35. The smallest absolute Gasteiger partial charge is 0.227 e. The summed E-state index contributed by atoms with van der Waals surface area (Å²) in [4.78, 5) is 12.7. The number of amides is 1. The Morgan fingerprint density at radius 3 is 2.52 bits per heavy atom. The normalized spacial score (nSPS) is 18.1. The van der Waals surface area contributed by atoms with Crippen molar-refractivity contribution in [3.05, 3.63) is 17.0 Å². The zero-order chi connectivity index (χ0) is 16.3. The second-order valence-corrected chi connectivity index (χ2v) is 6.45. The van der Waals surface area contributed by atoms with Crippen molar-refractivity contribution in [1.82, 2.24) is 15.1 Å². The van der Waals surface area contributed by atoms with Gasteiger partial charge in [0.15, 0.2) is 0 Å². The van der Waals surface area contributed by atoms with E-state index in [0.717, 1.165) is 17.8 Å². The maximum Gasteiger partial charge on any atom is 0.227 e. The van der Waals surface area contributed by atoms with E-state index in [1.807, 2.05) is 25.6 Å². The van der Waals surface area contributed by atoms with Crippen molar-refractivity contribution in [3.8, 4) is 0 Å². The van der Waals surface area contributed by atoms with E-state index in [0.29, 0.717) is 32.6 Å². The molecule has 2 heterocycles. The molecule has 1 aromatic rings. The predicted octanol–water partition coefficient (Wildman–Crippen LogP) is 1.26. The van der Waals surface area contributed by atoms with Crippen LogP contribution in [0.3, 0.4) is 0 Å². The van der Waals surface area contributed by atoms with E-state index in [1.54, 1.807) is 0 Å². The van der Waals surface area contributed by atoms with E-state index in [1.165, 1.54) is 5.56 Å². The van der Waals surface area contributed by atoms with Gasteiger partial charge < -0.3 is 15.8 Å². The van der Waals surface area contributed by atoms with E-state index in [4.69, 9.17) is 10.5 Å². The average Bonchev–Trinajstić information content (AvgIpc) is 2.74. The molecule has 0 aliphatic carbocycles. The highest BCUT2D eigenvalue weighted by molar-refractivity contribution is 5.85. The fourth-order valence-electron chi connectivity index (χ4n) is 3.13. The molecule has 1 aromatic heterocycles. The molecule has 0 radical (unpaired) electrons. The van der Waals surface area contributed by atoms with Crippen LogP contribution in [0.25, 0.3) is 0 Å². The minimum absolute atomic E-state index is 0. The Balaban J connectivity index is 0.00000264. The minimum Gasteiger partial charge on any atom is -0.381 e. The van der Waals surface area contributed by atoms with Gasteiger partial charge in [-0.05, 0) is 45.6 Å². The molecule has 6 nitrogen and oxygen atoms in total. The van der Waals surface area contributed by atoms with E-state index < -0.39 is 5.41 Å². The minimum atomic E-state index is -0.467. The lowest BCUT2D eigenvalue weighted by Crippen LogP contribution is -2.51. The highest BCUT2D eigenvalue weighted by Crippen LogP contribution is 2.29. The van der Waals surface area contributed by atoms with Crippen molar-refractivity contribution < 1.29 is 9.53 Å². The molecule has 3 N–H and O–H groups in total. The fourth-order valence-corrected chi connectivity index (χ4v) is 3.13. The van der Waals surface area contributed by atoms with E-state index in [9.17, 15) is 4.79 Å². The van der Waals surface area contributed by atoms with Crippen LogP contribution in [-0.4, -0.2) is 41.5 Å². The molecule has 1 amide bonds. The van der Waals surface area contributed by atoms with Gasteiger partial charge in [0.2, 0.25) is 5.91 Å². The van der Waals surface area contributed by atoms with Crippen LogP contribution in [0.2, 0.25) is 0 Å². The average molecular weight is 345 g/mol. The van der Waals surface area contributed by atoms with Crippen LogP contribution in [-0.2, 0) is 23.0 Å². The third-order valence-corrected chi connectivity index (χ3v) is 4.87. The Morgan fingerprint density at radius 2 is 2.04 bits per heavy atom. The Bertz CT molecular complexity index is 538. The zero-order valence-corrected chi connectivity index (χ0v) is 15.3. The van der Waals surface area contributed by atoms with Gasteiger partial charge in [-0.25, -0.2) is 0 Å². The first kappa shape index (κ1) is 19.9. The van der Waals surface area contributed by atoms with Crippen LogP contribution in [0, 0.1) is 19.3 Å².